The van der Waals surface area contributed by atoms with Gasteiger partial charge >= 0.3 is 0 Å². The van der Waals surface area contributed by atoms with Crippen molar-refractivity contribution in [2.75, 3.05) is 27.4 Å². The number of ether oxygens (including phenoxy) is 3. The van der Waals surface area contributed by atoms with E-state index in [0.29, 0.717) is 19.7 Å². The van der Waals surface area contributed by atoms with Crippen LogP contribution in [-0.2, 0) is 13.1 Å². The Bertz CT molecular complexity index is 797. The fraction of sp³-hybridized carbons (Fsp3) is 0.409. The predicted molar refractivity (Wildman–Crippen MR) is 129 cm³/mol. The van der Waals surface area contributed by atoms with Crippen molar-refractivity contribution in [1.29, 1.82) is 0 Å². The molecule has 0 spiro atoms. The van der Waals surface area contributed by atoms with Crippen LogP contribution in [0.3, 0.4) is 0 Å². The lowest BCUT2D eigenvalue weighted by Crippen LogP contribution is -2.36. The zero-order valence-corrected chi connectivity index (χ0v) is 20.2. The molecule has 0 fully saturated rings. The van der Waals surface area contributed by atoms with E-state index in [2.05, 4.69) is 34.7 Å². The van der Waals surface area contributed by atoms with Gasteiger partial charge in [0.15, 0.2) is 17.5 Å². The summed E-state index contributed by atoms with van der Waals surface area (Å²) in [6, 6.07) is 12.1. The van der Waals surface area contributed by atoms with Gasteiger partial charge in [-0.1, -0.05) is 18.2 Å². The van der Waals surface area contributed by atoms with Crippen LogP contribution in [0, 0.1) is 6.92 Å². The van der Waals surface area contributed by atoms with Crippen LogP contribution in [0.25, 0.3) is 0 Å². The third kappa shape index (κ3) is 7.64. The Morgan fingerprint density at radius 2 is 1.69 bits per heavy atom. The minimum atomic E-state index is 0. The van der Waals surface area contributed by atoms with Crippen LogP contribution in [0.15, 0.2) is 41.4 Å². The quantitative estimate of drug-likeness (QED) is 0.298. The molecule has 0 saturated heterocycles. The molecule has 7 heteroatoms. The molecule has 0 aliphatic carbocycles. The molecule has 0 aliphatic heterocycles. The monoisotopic (exact) mass is 513 g/mol. The Labute approximate surface area is 191 Å². The van der Waals surface area contributed by atoms with E-state index in [0.717, 1.165) is 40.9 Å². The second-order valence-corrected chi connectivity index (χ2v) is 6.28. The van der Waals surface area contributed by atoms with Crippen molar-refractivity contribution in [3.05, 3.63) is 53.1 Å². The first-order valence-corrected chi connectivity index (χ1v) is 9.56. The normalized spacial score (nSPS) is 10.7. The van der Waals surface area contributed by atoms with E-state index in [4.69, 9.17) is 14.2 Å². The fourth-order valence-electron chi connectivity index (χ4n) is 2.77. The minimum absolute atomic E-state index is 0. The number of nitrogens with zero attached hydrogens (tertiary/aromatic N) is 1. The molecule has 0 amide bonds. The maximum absolute atomic E-state index is 5.57. The fourth-order valence-corrected chi connectivity index (χ4v) is 2.77. The van der Waals surface area contributed by atoms with Crippen molar-refractivity contribution in [1.82, 2.24) is 10.6 Å². The summed E-state index contributed by atoms with van der Waals surface area (Å²) in [5, 5.41) is 6.64. The van der Waals surface area contributed by atoms with Gasteiger partial charge in [0.25, 0.3) is 0 Å². The molecular formula is C22H32IN3O3. The topological polar surface area (TPSA) is 64.1 Å². The van der Waals surface area contributed by atoms with Crippen molar-refractivity contribution >= 4 is 29.9 Å². The summed E-state index contributed by atoms with van der Waals surface area (Å²) in [4.78, 5) is 4.68. The Morgan fingerprint density at radius 1 is 0.931 bits per heavy atom. The van der Waals surface area contributed by atoms with Gasteiger partial charge < -0.3 is 24.8 Å². The van der Waals surface area contributed by atoms with E-state index < -0.39 is 0 Å². The molecule has 0 radical (unpaired) electrons. The zero-order chi connectivity index (χ0) is 20.4. The third-order valence-electron chi connectivity index (χ3n) is 4.18. The smallest absolute Gasteiger partial charge is 0.191 e. The highest BCUT2D eigenvalue weighted by molar-refractivity contribution is 14.0. The van der Waals surface area contributed by atoms with Crippen molar-refractivity contribution in [2.45, 2.75) is 33.9 Å². The lowest BCUT2D eigenvalue weighted by molar-refractivity contribution is 0.310. The molecule has 0 unspecified atom stereocenters. The number of hydrogen-bond acceptors (Lipinski definition) is 4. The summed E-state index contributed by atoms with van der Waals surface area (Å²) >= 11 is 0. The van der Waals surface area contributed by atoms with E-state index >= 15 is 0 Å². The van der Waals surface area contributed by atoms with Crippen molar-refractivity contribution in [3.63, 3.8) is 0 Å². The lowest BCUT2D eigenvalue weighted by Gasteiger charge is -2.14. The second kappa shape index (κ2) is 13.1. The van der Waals surface area contributed by atoms with Crippen LogP contribution in [0.4, 0.5) is 0 Å². The molecule has 2 rings (SSSR count). The molecule has 0 atom stereocenters. The highest BCUT2D eigenvalue weighted by Gasteiger charge is 2.07. The summed E-state index contributed by atoms with van der Waals surface area (Å²) < 4.78 is 16.5. The first-order valence-electron chi connectivity index (χ1n) is 9.56. The Hall–Kier alpha value is -2.16. The number of methoxy groups -OCH3 is 2. The highest BCUT2D eigenvalue weighted by atomic mass is 127. The van der Waals surface area contributed by atoms with E-state index in [1.807, 2.05) is 38.1 Å². The first kappa shape index (κ1) is 24.9. The van der Waals surface area contributed by atoms with Crippen LogP contribution in [0.2, 0.25) is 0 Å². The molecule has 2 aromatic rings. The SMILES string of the molecule is CCNC(=NCc1ccc(OCC)c(OC)c1)NCc1ccc(C)cc1OC.I. The average Bonchev–Trinajstić information content (AvgIpc) is 2.71. The predicted octanol–water partition coefficient (Wildman–Crippen LogP) is 4.28. The molecule has 29 heavy (non-hydrogen) atoms. The van der Waals surface area contributed by atoms with Gasteiger partial charge in [0.05, 0.1) is 27.4 Å². The van der Waals surface area contributed by atoms with E-state index in [1.54, 1.807) is 14.2 Å². The summed E-state index contributed by atoms with van der Waals surface area (Å²) in [6.07, 6.45) is 0. The van der Waals surface area contributed by atoms with E-state index in [1.165, 1.54) is 5.56 Å². The molecular weight excluding hydrogens is 481 g/mol. The molecule has 0 bridgehead atoms. The largest absolute Gasteiger partial charge is 0.496 e. The summed E-state index contributed by atoms with van der Waals surface area (Å²) in [6.45, 7) is 8.59. The Balaban J connectivity index is 0.00000420. The highest BCUT2D eigenvalue weighted by Crippen LogP contribution is 2.28. The van der Waals surface area contributed by atoms with Gasteiger partial charge in [0.2, 0.25) is 0 Å². The molecule has 0 saturated carbocycles. The zero-order valence-electron chi connectivity index (χ0n) is 17.9. The van der Waals surface area contributed by atoms with Crippen LogP contribution < -0.4 is 24.8 Å². The number of nitrogens with one attached hydrogen (secondary N) is 2. The number of aliphatic imine (C=N–C) groups is 1. The number of rotatable bonds is 9. The number of guanidine groups is 1. The van der Waals surface area contributed by atoms with Crippen molar-refractivity contribution < 1.29 is 14.2 Å². The van der Waals surface area contributed by atoms with Crippen LogP contribution >= 0.6 is 24.0 Å². The van der Waals surface area contributed by atoms with Gasteiger partial charge in [-0.3, -0.25) is 0 Å². The minimum Gasteiger partial charge on any atom is -0.496 e. The first-order chi connectivity index (χ1) is 13.6. The molecule has 160 valence electrons. The van der Waals surface area contributed by atoms with Gasteiger partial charge in [0.1, 0.15) is 5.75 Å². The maximum Gasteiger partial charge on any atom is 0.191 e. The second-order valence-electron chi connectivity index (χ2n) is 6.28. The number of aryl methyl sites for hydroxylation is 1. The lowest BCUT2D eigenvalue weighted by atomic mass is 10.1. The molecule has 6 nitrogen and oxygen atoms in total. The van der Waals surface area contributed by atoms with E-state index in [-0.39, 0.29) is 24.0 Å². The van der Waals surface area contributed by atoms with Crippen LogP contribution in [0.5, 0.6) is 17.2 Å². The Morgan fingerprint density at radius 3 is 2.34 bits per heavy atom. The van der Waals surface area contributed by atoms with Gasteiger partial charge in [-0.05, 0) is 50.1 Å². The van der Waals surface area contributed by atoms with Crippen LogP contribution in [0.1, 0.15) is 30.5 Å². The molecule has 0 heterocycles. The number of benzene rings is 2. The molecule has 0 aromatic heterocycles. The summed E-state index contributed by atoms with van der Waals surface area (Å²) in [5.41, 5.74) is 3.30. The third-order valence-corrected chi connectivity index (χ3v) is 4.18. The number of hydrogen-bond donors (Lipinski definition) is 2. The standard InChI is InChI=1S/C22H31N3O3.HI/c1-6-23-22(25-15-18-10-8-16(3)12-20(18)26-4)24-14-17-9-11-19(28-7-2)21(13-17)27-5;/h8-13H,6-7,14-15H2,1-5H3,(H2,23,24,25);1H. The van der Waals surface area contributed by atoms with E-state index in [9.17, 15) is 0 Å². The van der Waals surface area contributed by atoms with Crippen molar-refractivity contribution in [3.8, 4) is 17.2 Å². The summed E-state index contributed by atoms with van der Waals surface area (Å²) in [7, 11) is 3.34. The van der Waals surface area contributed by atoms with Gasteiger partial charge in [0, 0.05) is 18.7 Å². The molecule has 2 N–H and O–H groups in total. The molecule has 2 aromatic carbocycles. The van der Waals surface area contributed by atoms with Gasteiger partial charge in [-0.2, -0.15) is 0 Å². The van der Waals surface area contributed by atoms with Gasteiger partial charge in [-0.15, -0.1) is 24.0 Å². The maximum atomic E-state index is 5.57. The van der Waals surface area contributed by atoms with Crippen molar-refractivity contribution in [2.24, 2.45) is 4.99 Å². The Kier molecular flexibility index (Phi) is 11.3. The average molecular weight is 513 g/mol. The molecule has 0 aliphatic rings. The van der Waals surface area contributed by atoms with Crippen LogP contribution in [-0.4, -0.2) is 33.3 Å². The number of halogens is 1. The summed E-state index contributed by atoms with van der Waals surface area (Å²) in [5.74, 6) is 3.09. The van der Waals surface area contributed by atoms with Gasteiger partial charge in [-0.25, -0.2) is 4.99 Å².